The number of thioether (sulfide) groups is 1. The highest BCUT2D eigenvalue weighted by atomic mass is 32.2. The van der Waals surface area contributed by atoms with Gasteiger partial charge in [-0.05, 0) is 17.9 Å². The number of aryl methyl sites for hydroxylation is 1. The summed E-state index contributed by atoms with van der Waals surface area (Å²) in [5.41, 5.74) is 0.598. The number of thiophene rings is 1. The summed E-state index contributed by atoms with van der Waals surface area (Å²) < 4.78 is 31.7. The van der Waals surface area contributed by atoms with Crippen LogP contribution in [0.2, 0.25) is 0 Å². The predicted octanol–water partition coefficient (Wildman–Crippen LogP) is 1.97. The summed E-state index contributed by atoms with van der Waals surface area (Å²) in [6.07, 6.45) is 0. The van der Waals surface area contributed by atoms with Gasteiger partial charge < -0.3 is 4.74 Å². The summed E-state index contributed by atoms with van der Waals surface area (Å²) in [4.78, 5) is 12.0. The van der Waals surface area contributed by atoms with E-state index in [1.807, 2.05) is 6.92 Å². The van der Waals surface area contributed by atoms with Gasteiger partial charge in [0, 0.05) is 24.1 Å². The van der Waals surface area contributed by atoms with Crippen LogP contribution in [0.1, 0.15) is 22.2 Å². The summed E-state index contributed by atoms with van der Waals surface area (Å²) in [5.74, 6) is 0.179. The highest BCUT2D eigenvalue weighted by Crippen LogP contribution is 2.32. The molecule has 1 saturated heterocycles. The van der Waals surface area contributed by atoms with Gasteiger partial charge in [-0.25, -0.2) is 13.2 Å². The van der Waals surface area contributed by atoms with Crippen molar-refractivity contribution >= 4 is 39.1 Å². The Kier molecular flexibility index (Phi) is 4.78. The minimum Gasteiger partial charge on any atom is -0.465 e. The van der Waals surface area contributed by atoms with E-state index in [9.17, 15) is 13.2 Å². The van der Waals surface area contributed by atoms with Gasteiger partial charge in [0.2, 0.25) is 10.0 Å². The molecule has 1 unspecified atom stereocenters. The molecule has 0 saturated carbocycles. The van der Waals surface area contributed by atoms with E-state index in [1.165, 1.54) is 11.4 Å². The normalized spacial score (nSPS) is 20.9. The number of ether oxygens (including phenoxy) is 1. The topological polar surface area (TPSA) is 63.7 Å². The molecular weight excluding hydrogens is 318 g/mol. The van der Waals surface area contributed by atoms with E-state index in [-0.39, 0.29) is 15.0 Å². The van der Waals surface area contributed by atoms with Gasteiger partial charge in [-0.3, -0.25) is 0 Å². The van der Waals surface area contributed by atoms with Crippen molar-refractivity contribution in [3.63, 3.8) is 0 Å². The zero-order chi connectivity index (χ0) is 14.9. The fourth-order valence-electron chi connectivity index (χ4n) is 2.12. The number of carbonyl (C=O) groups excluding carboxylic acids is 1. The van der Waals surface area contributed by atoms with E-state index in [0.29, 0.717) is 18.7 Å². The Balaban J connectivity index is 2.44. The maximum atomic E-state index is 12.8. The minimum absolute atomic E-state index is 0.105. The first-order valence-electron chi connectivity index (χ1n) is 6.16. The first-order chi connectivity index (χ1) is 9.37. The molecule has 2 rings (SSSR count). The number of esters is 1. The Hall–Kier alpha value is -0.570. The number of carbonyl (C=O) groups is 1. The molecule has 0 spiro atoms. The first-order valence-corrected chi connectivity index (χ1v) is 9.53. The second-order valence-electron chi connectivity index (χ2n) is 4.61. The Bertz CT molecular complexity index is 608. The van der Waals surface area contributed by atoms with Crippen LogP contribution in [0, 0.1) is 6.92 Å². The van der Waals surface area contributed by atoms with Crippen LogP contribution in [0.15, 0.2) is 10.3 Å². The fraction of sp³-hybridized carbons (Fsp3) is 0.583. The van der Waals surface area contributed by atoms with Crippen LogP contribution in [0.3, 0.4) is 0 Å². The zero-order valence-electron chi connectivity index (χ0n) is 11.6. The molecule has 1 aromatic rings. The summed E-state index contributed by atoms with van der Waals surface area (Å²) in [7, 11) is -2.38. The van der Waals surface area contributed by atoms with E-state index in [2.05, 4.69) is 4.74 Å². The molecule has 0 N–H and O–H groups in total. The number of hydrogen-bond acceptors (Lipinski definition) is 6. The van der Waals surface area contributed by atoms with Crippen molar-refractivity contribution in [3.05, 3.63) is 15.8 Å². The standard InChI is InChI=1S/C12H17NO4S3/c1-8-7-19-10(12(14)17-3)11(8)20(15,16)13-4-5-18-9(2)6-13/h7,9H,4-6H2,1-3H3. The summed E-state index contributed by atoms with van der Waals surface area (Å²) in [6.45, 7) is 4.67. The first kappa shape index (κ1) is 15.8. The van der Waals surface area contributed by atoms with Gasteiger partial charge in [-0.2, -0.15) is 16.1 Å². The second kappa shape index (κ2) is 6.05. The average Bonchev–Trinajstić information content (AvgIpc) is 2.80. The van der Waals surface area contributed by atoms with E-state index in [4.69, 9.17) is 0 Å². The van der Waals surface area contributed by atoms with Gasteiger partial charge in [0.05, 0.1) is 7.11 Å². The molecule has 0 amide bonds. The molecule has 1 aliphatic heterocycles. The molecule has 0 aromatic carbocycles. The quantitative estimate of drug-likeness (QED) is 0.790. The Morgan fingerprint density at radius 2 is 2.20 bits per heavy atom. The minimum atomic E-state index is -3.64. The zero-order valence-corrected chi connectivity index (χ0v) is 14.0. The maximum absolute atomic E-state index is 12.8. The van der Waals surface area contributed by atoms with Crippen LogP contribution in [0.4, 0.5) is 0 Å². The number of methoxy groups -OCH3 is 1. The van der Waals surface area contributed by atoms with Gasteiger partial charge in [0.1, 0.15) is 9.77 Å². The van der Waals surface area contributed by atoms with Gasteiger partial charge in [-0.1, -0.05) is 6.92 Å². The molecule has 0 aliphatic carbocycles. The molecule has 2 heterocycles. The Labute approximate surface area is 127 Å². The molecule has 0 bridgehead atoms. The molecule has 112 valence electrons. The second-order valence-corrected chi connectivity index (χ2v) is 8.91. The van der Waals surface area contributed by atoms with Gasteiger partial charge in [0.25, 0.3) is 0 Å². The van der Waals surface area contributed by atoms with Crippen molar-refractivity contribution in [3.8, 4) is 0 Å². The van der Waals surface area contributed by atoms with Crippen molar-refractivity contribution < 1.29 is 17.9 Å². The molecule has 8 heteroatoms. The van der Waals surface area contributed by atoms with Crippen molar-refractivity contribution in [2.75, 3.05) is 26.0 Å². The van der Waals surface area contributed by atoms with E-state index < -0.39 is 16.0 Å². The van der Waals surface area contributed by atoms with E-state index in [1.54, 1.807) is 24.1 Å². The lowest BCUT2D eigenvalue weighted by atomic mass is 10.3. The molecule has 20 heavy (non-hydrogen) atoms. The molecule has 1 aromatic heterocycles. The molecule has 5 nitrogen and oxygen atoms in total. The van der Waals surface area contributed by atoms with Crippen molar-refractivity contribution in [2.24, 2.45) is 0 Å². The Morgan fingerprint density at radius 3 is 2.80 bits per heavy atom. The fourth-order valence-corrected chi connectivity index (χ4v) is 6.53. The largest absolute Gasteiger partial charge is 0.465 e. The number of rotatable bonds is 3. The highest BCUT2D eigenvalue weighted by molar-refractivity contribution is 8.00. The Morgan fingerprint density at radius 1 is 1.50 bits per heavy atom. The summed E-state index contributed by atoms with van der Waals surface area (Å²) >= 11 is 2.87. The predicted molar refractivity (Wildman–Crippen MR) is 81.1 cm³/mol. The van der Waals surface area contributed by atoms with Crippen molar-refractivity contribution in [1.29, 1.82) is 0 Å². The molecule has 1 atom stereocenters. The number of nitrogens with zero attached hydrogens (tertiary/aromatic N) is 1. The lowest BCUT2D eigenvalue weighted by molar-refractivity contribution is 0.0602. The van der Waals surface area contributed by atoms with Crippen LogP contribution < -0.4 is 0 Å². The average molecular weight is 335 g/mol. The third kappa shape index (κ3) is 2.88. The van der Waals surface area contributed by atoms with Crippen molar-refractivity contribution in [2.45, 2.75) is 24.0 Å². The molecule has 1 aliphatic rings. The van der Waals surface area contributed by atoms with E-state index in [0.717, 1.165) is 17.1 Å². The van der Waals surface area contributed by atoms with Crippen molar-refractivity contribution in [1.82, 2.24) is 4.31 Å². The maximum Gasteiger partial charge on any atom is 0.349 e. The van der Waals surface area contributed by atoms with Gasteiger partial charge in [0.15, 0.2) is 0 Å². The molecular formula is C12H17NO4S3. The van der Waals surface area contributed by atoms with Gasteiger partial charge >= 0.3 is 5.97 Å². The number of sulfonamides is 1. The lowest BCUT2D eigenvalue weighted by Gasteiger charge is -2.29. The van der Waals surface area contributed by atoms with E-state index >= 15 is 0 Å². The van der Waals surface area contributed by atoms with Crippen LogP contribution in [-0.2, 0) is 14.8 Å². The lowest BCUT2D eigenvalue weighted by Crippen LogP contribution is -2.41. The smallest absolute Gasteiger partial charge is 0.349 e. The highest BCUT2D eigenvalue weighted by Gasteiger charge is 2.34. The number of hydrogen-bond donors (Lipinski definition) is 0. The third-order valence-corrected chi connectivity index (χ3v) is 7.49. The third-order valence-electron chi connectivity index (χ3n) is 3.09. The van der Waals surface area contributed by atoms with Crippen LogP contribution in [-0.4, -0.2) is 49.9 Å². The summed E-state index contributed by atoms with van der Waals surface area (Å²) in [6, 6.07) is 0. The molecule has 0 radical (unpaired) electrons. The van der Waals surface area contributed by atoms with Crippen LogP contribution in [0.25, 0.3) is 0 Å². The SMILES string of the molecule is COC(=O)c1scc(C)c1S(=O)(=O)N1CCSC(C)C1. The molecule has 1 fully saturated rings. The monoisotopic (exact) mass is 335 g/mol. The van der Waals surface area contributed by atoms with Crippen LogP contribution >= 0.6 is 23.1 Å². The van der Waals surface area contributed by atoms with Gasteiger partial charge in [-0.15, -0.1) is 11.3 Å². The summed E-state index contributed by atoms with van der Waals surface area (Å²) in [5, 5.41) is 1.94. The van der Waals surface area contributed by atoms with Crippen LogP contribution in [0.5, 0.6) is 0 Å².